The van der Waals surface area contributed by atoms with Gasteiger partial charge in [0.1, 0.15) is 11.6 Å². The van der Waals surface area contributed by atoms with Crippen LogP contribution in [-0.2, 0) is 11.8 Å². The highest BCUT2D eigenvalue weighted by atomic mass is 19.1. The summed E-state index contributed by atoms with van der Waals surface area (Å²) in [7, 11) is 2.11. The molecule has 0 saturated heterocycles. The third kappa shape index (κ3) is 4.73. The molecule has 0 amide bonds. The molecule has 1 fully saturated rings. The normalized spacial score (nSPS) is 17.2. The highest BCUT2D eigenvalue weighted by Crippen LogP contribution is 2.48. The number of halogens is 2. The summed E-state index contributed by atoms with van der Waals surface area (Å²) in [6.07, 6.45) is 5.89. The van der Waals surface area contributed by atoms with Crippen molar-refractivity contribution in [2.45, 2.75) is 63.3 Å². The molecule has 0 spiro atoms. The predicted molar refractivity (Wildman–Crippen MR) is 117 cm³/mol. The van der Waals surface area contributed by atoms with Gasteiger partial charge in [0.25, 0.3) is 0 Å². The van der Waals surface area contributed by atoms with E-state index in [-0.39, 0.29) is 17.5 Å². The smallest absolute Gasteiger partial charge is 0.130 e. The molecule has 2 unspecified atom stereocenters. The topological polar surface area (TPSA) is 27.0 Å². The van der Waals surface area contributed by atoms with Gasteiger partial charge in [-0.15, -0.1) is 0 Å². The average molecular weight is 411 g/mol. The van der Waals surface area contributed by atoms with Crippen LogP contribution in [0.3, 0.4) is 0 Å². The first-order valence-electron chi connectivity index (χ1n) is 11.1. The molecule has 30 heavy (non-hydrogen) atoms. The van der Waals surface area contributed by atoms with Crippen molar-refractivity contribution in [2.24, 2.45) is 5.92 Å². The zero-order valence-electron chi connectivity index (χ0n) is 18.1. The third-order valence-electron chi connectivity index (χ3n) is 6.97. The Morgan fingerprint density at radius 2 is 1.77 bits per heavy atom. The fourth-order valence-electron chi connectivity index (χ4n) is 4.82. The molecule has 0 bridgehead atoms. The molecule has 1 aliphatic rings. The van der Waals surface area contributed by atoms with E-state index >= 15 is 0 Å². The van der Waals surface area contributed by atoms with Crippen molar-refractivity contribution in [2.75, 3.05) is 13.6 Å². The summed E-state index contributed by atoms with van der Waals surface area (Å²) < 4.78 is 29.5. The fourth-order valence-corrected chi connectivity index (χ4v) is 4.82. The molecule has 160 valence electrons. The zero-order chi connectivity index (χ0) is 21.6. The van der Waals surface area contributed by atoms with Gasteiger partial charge in [-0.05, 0) is 69.2 Å². The summed E-state index contributed by atoms with van der Waals surface area (Å²) in [6, 6.07) is 17.0. The van der Waals surface area contributed by atoms with Crippen LogP contribution in [0.25, 0.3) is 0 Å². The van der Waals surface area contributed by atoms with E-state index < -0.39 is 17.0 Å². The largest absolute Gasteiger partial charge is 0.303 e. The monoisotopic (exact) mass is 410 g/mol. The Balaban J connectivity index is 1.75. The Hall–Kier alpha value is -2.25. The number of rotatable bonds is 10. The molecule has 0 N–H and O–H groups in total. The van der Waals surface area contributed by atoms with Gasteiger partial charge in [0.2, 0.25) is 0 Å². The predicted octanol–water partition coefficient (Wildman–Crippen LogP) is 6.26. The van der Waals surface area contributed by atoms with E-state index in [0.717, 1.165) is 45.1 Å². The second-order valence-corrected chi connectivity index (χ2v) is 8.62. The lowest BCUT2D eigenvalue weighted by atomic mass is 9.60. The molecule has 1 saturated carbocycles. The number of hydrogen-bond acceptors (Lipinski definition) is 2. The van der Waals surface area contributed by atoms with Gasteiger partial charge in [-0.1, -0.05) is 49.7 Å². The molecule has 2 nitrogen and oxygen atoms in total. The van der Waals surface area contributed by atoms with Crippen molar-refractivity contribution in [3.8, 4) is 6.07 Å². The second kappa shape index (κ2) is 10.2. The minimum Gasteiger partial charge on any atom is -0.303 e. The second-order valence-electron chi connectivity index (χ2n) is 8.62. The molecule has 0 radical (unpaired) electrons. The Bertz CT molecular complexity index is 837. The van der Waals surface area contributed by atoms with Crippen molar-refractivity contribution in [1.82, 2.24) is 4.90 Å². The lowest BCUT2D eigenvalue weighted by Gasteiger charge is -2.42. The fraction of sp³-hybridized carbons (Fsp3) is 0.500. The van der Waals surface area contributed by atoms with E-state index in [1.807, 2.05) is 6.07 Å². The Morgan fingerprint density at radius 1 is 1.10 bits per heavy atom. The molecular weight excluding hydrogens is 378 g/mol. The van der Waals surface area contributed by atoms with Gasteiger partial charge in [0.05, 0.1) is 11.5 Å². The van der Waals surface area contributed by atoms with Crippen LogP contribution in [0, 0.1) is 28.9 Å². The Kier molecular flexibility index (Phi) is 7.61. The minimum atomic E-state index is -1.08. The lowest BCUT2D eigenvalue weighted by Crippen LogP contribution is -2.42. The van der Waals surface area contributed by atoms with E-state index in [1.54, 1.807) is 0 Å². The Morgan fingerprint density at radius 3 is 2.30 bits per heavy atom. The van der Waals surface area contributed by atoms with Crippen LogP contribution in [0.1, 0.15) is 56.6 Å². The first kappa shape index (κ1) is 22.4. The first-order valence-corrected chi connectivity index (χ1v) is 11.1. The molecule has 4 heteroatoms. The van der Waals surface area contributed by atoms with Gasteiger partial charge < -0.3 is 4.90 Å². The standard InChI is InChI=1S/C26H32F2N2/c1-3-22(30(2)18-16-20-9-5-4-6-10-20)15-17-26(19-29,21-11-7-12-21)25-23(27)13-8-14-24(25)28/h4-6,8-10,13-14,21-22H,3,7,11-12,15-18H2,1-2H3. The molecule has 3 rings (SSSR count). The van der Waals surface area contributed by atoms with E-state index in [2.05, 4.69) is 49.2 Å². The van der Waals surface area contributed by atoms with Crippen LogP contribution in [-0.4, -0.2) is 24.5 Å². The van der Waals surface area contributed by atoms with Crippen molar-refractivity contribution < 1.29 is 8.78 Å². The maximum absolute atomic E-state index is 14.7. The Labute approximate surface area is 179 Å². The van der Waals surface area contributed by atoms with E-state index in [1.165, 1.54) is 23.8 Å². The van der Waals surface area contributed by atoms with Crippen LogP contribution < -0.4 is 0 Å². The quantitative estimate of drug-likeness (QED) is 0.462. The number of nitriles is 1. The zero-order valence-corrected chi connectivity index (χ0v) is 18.1. The molecule has 0 heterocycles. The molecule has 2 aromatic carbocycles. The first-order chi connectivity index (χ1) is 14.5. The van der Waals surface area contributed by atoms with Crippen molar-refractivity contribution in [3.63, 3.8) is 0 Å². The minimum absolute atomic E-state index is 0.0148. The van der Waals surface area contributed by atoms with Gasteiger partial charge >= 0.3 is 0 Å². The molecule has 0 aliphatic heterocycles. The van der Waals surface area contributed by atoms with Gasteiger partial charge in [-0.25, -0.2) is 8.78 Å². The van der Waals surface area contributed by atoms with Gasteiger partial charge in [0, 0.05) is 18.2 Å². The van der Waals surface area contributed by atoms with Crippen molar-refractivity contribution >= 4 is 0 Å². The highest BCUT2D eigenvalue weighted by molar-refractivity contribution is 5.37. The number of benzene rings is 2. The summed E-state index contributed by atoms with van der Waals surface area (Å²) in [5, 5.41) is 10.2. The van der Waals surface area contributed by atoms with Crippen LogP contribution in [0.4, 0.5) is 8.78 Å². The van der Waals surface area contributed by atoms with Crippen molar-refractivity contribution in [3.05, 3.63) is 71.3 Å². The molecule has 2 atom stereocenters. The maximum Gasteiger partial charge on any atom is 0.130 e. The van der Waals surface area contributed by atoms with Gasteiger partial charge in [-0.3, -0.25) is 0 Å². The molecule has 1 aliphatic carbocycles. The van der Waals surface area contributed by atoms with Gasteiger partial charge in [-0.2, -0.15) is 5.26 Å². The van der Waals surface area contributed by atoms with Crippen LogP contribution in [0.2, 0.25) is 0 Å². The van der Waals surface area contributed by atoms with Crippen molar-refractivity contribution in [1.29, 1.82) is 5.26 Å². The van der Waals surface area contributed by atoms with Gasteiger partial charge in [0.15, 0.2) is 0 Å². The van der Waals surface area contributed by atoms with E-state index in [4.69, 9.17) is 0 Å². The summed E-state index contributed by atoms with van der Waals surface area (Å²) in [5.41, 5.74) is 0.203. The lowest BCUT2D eigenvalue weighted by molar-refractivity contribution is 0.159. The summed E-state index contributed by atoms with van der Waals surface area (Å²) in [6.45, 7) is 3.06. The molecular formula is C26H32F2N2. The van der Waals surface area contributed by atoms with E-state index in [9.17, 15) is 14.0 Å². The number of likely N-dealkylation sites (N-methyl/N-ethyl adjacent to an activating group) is 1. The van der Waals surface area contributed by atoms with Crippen LogP contribution in [0.15, 0.2) is 48.5 Å². The SMILES string of the molecule is CCC(CCC(C#N)(c1c(F)cccc1F)C1CCC1)N(C)CCc1ccccc1. The average Bonchev–Trinajstić information content (AvgIpc) is 2.71. The molecule has 2 aromatic rings. The summed E-state index contributed by atoms with van der Waals surface area (Å²) >= 11 is 0. The van der Waals surface area contributed by atoms with E-state index in [0.29, 0.717) is 6.42 Å². The number of nitrogens with zero attached hydrogens (tertiary/aromatic N) is 2. The third-order valence-corrected chi connectivity index (χ3v) is 6.97. The molecule has 0 aromatic heterocycles. The number of hydrogen-bond donors (Lipinski definition) is 0. The summed E-state index contributed by atoms with van der Waals surface area (Å²) in [4.78, 5) is 2.33. The summed E-state index contributed by atoms with van der Waals surface area (Å²) in [5.74, 6) is -1.15. The maximum atomic E-state index is 14.7. The highest BCUT2D eigenvalue weighted by Gasteiger charge is 2.47. The van der Waals surface area contributed by atoms with Crippen LogP contribution in [0.5, 0.6) is 0 Å². The van der Waals surface area contributed by atoms with Crippen LogP contribution >= 0.6 is 0 Å².